The van der Waals surface area contributed by atoms with Gasteiger partial charge in [-0.15, -0.1) is 0 Å². The van der Waals surface area contributed by atoms with Crippen molar-refractivity contribution in [1.29, 1.82) is 0 Å². The number of aromatic amines is 1. The molecule has 0 aliphatic carbocycles. The van der Waals surface area contributed by atoms with Crippen LogP contribution in [0.25, 0.3) is 32.9 Å². The Balaban J connectivity index is 1.32. The molecule has 0 radical (unpaired) electrons. The molecule has 1 heterocycles. The number of H-pyrrole nitrogens is 1. The normalized spacial score (nSPS) is 11.0. The van der Waals surface area contributed by atoms with Gasteiger partial charge in [0.25, 0.3) is 0 Å². The number of hydrogen-bond acceptors (Lipinski definition) is 1. The smallest absolute Gasteiger partial charge is 0.228 e. The largest absolute Gasteiger partial charge is 0.355 e. The van der Waals surface area contributed by atoms with Crippen molar-refractivity contribution in [2.45, 2.75) is 6.42 Å². The first-order valence-corrected chi connectivity index (χ1v) is 9.71. The molecular weight excluding hydrogens is 356 g/mol. The number of hydrogen-bond donors (Lipinski definition) is 2. The van der Waals surface area contributed by atoms with Gasteiger partial charge in [0, 0.05) is 27.5 Å². The fourth-order valence-electron chi connectivity index (χ4n) is 3.76. The number of nitrogens with one attached hydrogen (secondary N) is 2. The number of fused-ring (bicyclic) bond motifs is 3. The average Bonchev–Trinajstić information content (AvgIpc) is 3.13. The molecule has 0 atom stereocenters. The Morgan fingerprint density at radius 2 is 1.38 bits per heavy atom. The number of para-hydroxylation sites is 1. The first-order valence-electron chi connectivity index (χ1n) is 9.71. The maximum atomic E-state index is 12.6. The lowest BCUT2D eigenvalue weighted by Gasteiger charge is -2.07. The van der Waals surface area contributed by atoms with Gasteiger partial charge in [-0.1, -0.05) is 72.8 Å². The molecule has 2 N–H and O–H groups in total. The molecule has 3 heteroatoms. The molecule has 140 valence electrons. The second-order valence-electron chi connectivity index (χ2n) is 7.22. The van der Waals surface area contributed by atoms with E-state index in [0.717, 1.165) is 38.6 Å². The third-order valence-electron chi connectivity index (χ3n) is 5.22. The van der Waals surface area contributed by atoms with E-state index in [2.05, 4.69) is 46.7 Å². The minimum Gasteiger partial charge on any atom is -0.355 e. The zero-order chi connectivity index (χ0) is 19.6. The van der Waals surface area contributed by atoms with Crippen LogP contribution in [0.4, 0.5) is 5.69 Å². The summed E-state index contributed by atoms with van der Waals surface area (Å²) in [6.07, 6.45) is 0.348. The molecule has 0 saturated carbocycles. The summed E-state index contributed by atoms with van der Waals surface area (Å²) in [6, 6.07) is 32.6. The molecule has 5 aromatic rings. The zero-order valence-corrected chi connectivity index (χ0v) is 15.9. The van der Waals surface area contributed by atoms with E-state index in [4.69, 9.17) is 0 Å². The van der Waals surface area contributed by atoms with Crippen LogP contribution in [0, 0.1) is 0 Å². The molecule has 4 aromatic carbocycles. The van der Waals surface area contributed by atoms with Crippen LogP contribution in [0.1, 0.15) is 5.56 Å². The van der Waals surface area contributed by atoms with Crippen molar-refractivity contribution in [1.82, 2.24) is 4.98 Å². The predicted octanol–water partition coefficient (Wildman–Crippen LogP) is 6.17. The molecule has 3 nitrogen and oxygen atoms in total. The summed E-state index contributed by atoms with van der Waals surface area (Å²) in [4.78, 5) is 16.0. The summed E-state index contributed by atoms with van der Waals surface area (Å²) in [5, 5.41) is 5.31. The first kappa shape index (κ1) is 17.3. The number of aromatic nitrogens is 1. The van der Waals surface area contributed by atoms with Crippen molar-refractivity contribution in [3.63, 3.8) is 0 Å². The highest BCUT2D eigenvalue weighted by atomic mass is 16.1. The number of carbonyl (C=O) groups excluding carboxylic acids is 1. The molecule has 0 saturated heterocycles. The summed E-state index contributed by atoms with van der Waals surface area (Å²) in [7, 11) is 0. The van der Waals surface area contributed by atoms with Gasteiger partial charge in [0.15, 0.2) is 0 Å². The van der Waals surface area contributed by atoms with Gasteiger partial charge < -0.3 is 10.3 Å². The quantitative estimate of drug-likeness (QED) is 0.387. The van der Waals surface area contributed by atoms with Gasteiger partial charge in [0.05, 0.1) is 6.42 Å². The number of rotatable bonds is 4. The van der Waals surface area contributed by atoms with Crippen LogP contribution >= 0.6 is 0 Å². The second-order valence-corrected chi connectivity index (χ2v) is 7.22. The highest BCUT2D eigenvalue weighted by Crippen LogP contribution is 2.27. The molecule has 0 fully saturated rings. The van der Waals surface area contributed by atoms with Crippen LogP contribution in [0.3, 0.4) is 0 Å². The molecular formula is C26H20N2O. The Bertz CT molecular complexity index is 1300. The Morgan fingerprint density at radius 1 is 0.690 bits per heavy atom. The van der Waals surface area contributed by atoms with E-state index in [1.807, 2.05) is 60.7 Å². The Hall–Kier alpha value is -3.85. The van der Waals surface area contributed by atoms with Gasteiger partial charge in [-0.2, -0.15) is 0 Å². The Labute approximate surface area is 169 Å². The van der Waals surface area contributed by atoms with Crippen LogP contribution in [0.2, 0.25) is 0 Å². The van der Waals surface area contributed by atoms with Crippen LogP contribution in [-0.2, 0) is 11.2 Å². The maximum absolute atomic E-state index is 12.6. The van der Waals surface area contributed by atoms with Crippen molar-refractivity contribution in [3.05, 3.63) is 103 Å². The standard InChI is InChI=1S/C26H20N2O/c29-26(16-18-10-12-20(13-11-18)19-6-2-1-3-7-19)27-21-14-15-25-23(17-21)22-8-4-5-9-24(22)28-25/h1-15,17,28H,16H2,(H,27,29). The van der Waals surface area contributed by atoms with Gasteiger partial charge in [-0.3, -0.25) is 4.79 Å². The van der Waals surface area contributed by atoms with Crippen molar-refractivity contribution in [2.24, 2.45) is 0 Å². The number of anilines is 1. The summed E-state index contributed by atoms with van der Waals surface area (Å²) < 4.78 is 0. The molecule has 29 heavy (non-hydrogen) atoms. The van der Waals surface area contributed by atoms with Gasteiger partial charge in [0.1, 0.15) is 0 Å². The molecule has 0 spiro atoms. The monoisotopic (exact) mass is 376 g/mol. The molecule has 0 bridgehead atoms. The molecule has 0 aliphatic rings. The Kier molecular flexibility index (Phi) is 4.34. The number of amides is 1. The van der Waals surface area contributed by atoms with Gasteiger partial charge in [-0.05, 0) is 41.0 Å². The van der Waals surface area contributed by atoms with Gasteiger partial charge in [0.2, 0.25) is 5.91 Å². The fraction of sp³-hybridized carbons (Fsp3) is 0.0385. The summed E-state index contributed by atoms with van der Waals surface area (Å²) in [5.41, 5.74) is 6.31. The minimum atomic E-state index is -0.0170. The van der Waals surface area contributed by atoms with E-state index < -0.39 is 0 Å². The van der Waals surface area contributed by atoms with Gasteiger partial charge in [-0.25, -0.2) is 0 Å². The lowest BCUT2D eigenvalue weighted by Crippen LogP contribution is -2.14. The van der Waals surface area contributed by atoms with Gasteiger partial charge >= 0.3 is 0 Å². The van der Waals surface area contributed by atoms with Crippen LogP contribution in [0.5, 0.6) is 0 Å². The van der Waals surface area contributed by atoms with E-state index in [0.29, 0.717) is 6.42 Å². The lowest BCUT2D eigenvalue weighted by atomic mass is 10.0. The van der Waals surface area contributed by atoms with E-state index in [1.54, 1.807) is 0 Å². The zero-order valence-electron chi connectivity index (χ0n) is 15.9. The second kappa shape index (κ2) is 7.28. The molecule has 5 rings (SSSR count). The first-order chi connectivity index (χ1) is 14.3. The van der Waals surface area contributed by atoms with E-state index in [-0.39, 0.29) is 5.91 Å². The van der Waals surface area contributed by atoms with Crippen molar-refractivity contribution in [2.75, 3.05) is 5.32 Å². The molecule has 0 aliphatic heterocycles. The van der Waals surface area contributed by atoms with Crippen LogP contribution < -0.4 is 5.32 Å². The summed E-state index contributed by atoms with van der Waals surface area (Å²) >= 11 is 0. The average molecular weight is 376 g/mol. The highest BCUT2D eigenvalue weighted by molar-refractivity contribution is 6.09. The third-order valence-corrected chi connectivity index (χ3v) is 5.22. The van der Waals surface area contributed by atoms with Crippen LogP contribution in [0.15, 0.2) is 97.1 Å². The molecule has 0 unspecified atom stereocenters. The van der Waals surface area contributed by atoms with E-state index in [9.17, 15) is 4.79 Å². The third kappa shape index (κ3) is 3.50. The molecule has 1 amide bonds. The minimum absolute atomic E-state index is 0.0170. The number of benzene rings is 4. The van der Waals surface area contributed by atoms with E-state index in [1.165, 1.54) is 5.56 Å². The van der Waals surface area contributed by atoms with Crippen molar-refractivity contribution < 1.29 is 4.79 Å². The predicted molar refractivity (Wildman–Crippen MR) is 120 cm³/mol. The summed E-state index contributed by atoms with van der Waals surface area (Å²) in [6.45, 7) is 0. The Morgan fingerprint density at radius 3 is 2.21 bits per heavy atom. The van der Waals surface area contributed by atoms with Crippen molar-refractivity contribution in [3.8, 4) is 11.1 Å². The fourth-order valence-corrected chi connectivity index (χ4v) is 3.76. The van der Waals surface area contributed by atoms with Crippen LogP contribution in [-0.4, -0.2) is 10.9 Å². The number of carbonyl (C=O) groups is 1. The maximum Gasteiger partial charge on any atom is 0.228 e. The van der Waals surface area contributed by atoms with Crippen molar-refractivity contribution >= 4 is 33.4 Å². The lowest BCUT2D eigenvalue weighted by molar-refractivity contribution is -0.115. The SMILES string of the molecule is O=C(Cc1ccc(-c2ccccc2)cc1)Nc1ccc2[nH]c3ccccc3c2c1. The van der Waals surface area contributed by atoms with E-state index >= 15 is 0 Å². The summed E-state index contributed by atoms with van der Waals surface area (Å²) in [5.74, 6) is -0.0170. The topological polar surface area (TPSA) is 44.9 Å². The highest BCUT2D eigenvalue weighted by Gasteiger charge is 2.08. The molecule has 1 aromatic heterocycles.